The number of nitrogens with one attached hydrogen (secondary N) is 3. The van der Waals surface area contributed by atoms with Gasteiger partial charge in [0.2, 0.25) is 0 Å². The molecule has 0 unspecified atom stereocenters. The predicted molar refractivity (Wildman–Crippen MR) is 123 cm³/mol. The van der Waals surface area contributed by atoms with E-state index in [0.29, 0.717) is 18.0 Å². The smallest absolute Gasteiger partial charge is 0.323 e. The minimum Gasteiger partial charge on any atom is -0.466 e. The first-order valence-corrected chi connectivity index (χ1v) is 10.1. The van der Waals surface area contributed by atoms with E-state index < -0.39 is 0 Å². The number of anilines is 2. The van der Waals surface area contributed by atoms with Crippen LogP contribution in [0.4, 0.5) is 16.2 Å². The number of hydrogen-bond acceptors (Lipinski definition) is 3. The number of benzene rings is 3. The summed E-state index contributed by atoms with van der Waals surface area (Å²) < 4.78 is 4.94. The van der Waals surface area contributed by atoms with Crippen LogP contribution in [-0.2, 0) is 16.0 Å². The Morgan fingerprint density at radius 3 is 2.42 bits per heavy atom. The van der Waals surface area contributed by atoms with Gasteiger partial charge in [-0.25, -0.2) is 4.79 Å². The van der Waals surface area contributed by atoms with Crippen LogP contribution < -0.4 is 10.6 Å². The normalized spacial score (nSPS) is 10.6. The number of ether oxygens (including phenoxy) is 1. The Kier molecular flexibility index (Phi) is 5.98. The summed E-state index contributed by atoms with van der Waals surface area (Å²) in [5, 5.41) is 6.80. The number of amides is 2. The number of H-pyrrole nitrogens is 1. The van der Waals surface area contributed by atoms with Gasteiger partial charge in [0.15, 0.2) is 0 Å². The Morgan fingerprint density at radius 2 is 1.65 bits per heavy atom. The van der Waals surface area contributed by atoms with Crippen molar-refractivity contribution in [1.29, 1.82) is 0 Å². The van der Waals surface area contributed by atoms with E-state index in [0.717, 1.165) is 27.7 Å². The number of carbonyl (C=O) groups excluding carboxylic acids is 2. The average molecular weight is 413 g/mol. The predicted octanol–water partition coefficient (Wildman–Crippen LogP) is 5.58. The van der Waals surface area contributed by atoms with Crippen LogP contribution in [0.15, 0.2) is 78.9 Å². The van der Waals surface area contributed by atoms with E-state index in [9.17, 15) is 9.59 Å². The number of esters is 1. The number of carbonyl (C=O) groups is 2. The first kappa shape index (κ1) is 20.2. The molecule has 6 nitrogen and oxygen atoms in total. The van der Waals surface area contributed by atoms with Crippen molar-refractivity contribution in [1.82, 2.24) is 4.98 Å². The van der Waals surface area contributed by atoms with Crippen molar-refractivity contribution in [3.63, 3.8) is 0 Å². The van der Waals surface area contributed by atoms with Gasteiger partial charge in [0.1, 0.15) is 0 Å². The zero-order chi connectivity index (χ0) is 21.6. The summed E-state index contributed by atoms with van der Waals surface area (Å²) in [6.45, 7) is 2.14. The maximum Gasteiger partial charge on any atom is 0.323 e. The molecule has 1 heterocycles. The molecule has 0 bridgehead atoms. The van der Waals surface area contributed by atoms with E-state index in [4.69, 9.17) is 4.74 Å². The molecule has 6 heteroatoms. The monoisotopic (exact) mass is 413 g/mol. The highest BCUT2D eigenvalue weighted by molar-refractivity contribution is 6.00. The summed E-state index contributed by atoms with van der Waals surface area (Å²) in [6, 6.07) is 24.6. The molecule has 2 amide bonds. The topological polar surface area (TPSA) is 83.2 Å². The molecule has 0 spiro atoms. The van der Waals surface area contributed by atoms with Crippen molar-refractivity contribution >= 4 is 34.3 Å². The van der Waals surface area contributed by atoms with Crippen LogP contribution in [0.5, 0.6) is 0 Å². The van der Waals surface area contributed by atoms with Gasteiger partial charge >= 0.3 is 12.0 Å². The Balaban J connectivity index is 1.39. The van der Waals surface area contributed by atoms with Gasteiger partial charge in [-0.3, -0.25) is 4.79 Å². The lowest BCUT2D eigenvalue weighted by molar-refractivity contribution is -0.142. The molecular formula is C25H23N3O3. The third-order valence-corrected chi connectivity index (χ3v) is 4.83. The van der Waals surface area contributed by atoms with Gasteiger partial charge < -0.3 is 20.4 Å². The van der Waals surface area contributed by atoms with E-state index in [1.807, 2.05) is 42.5 Å². The quantitative estimate of drug-likeness (QED) is 0.361. The summed E-state index contributed by atoms with van der Waals surface area (Å²) in [6.07, 6.45) is 0.209. The summed E-state index contributed by atoms with van der Waals surface area (Å²) >= 11 is 0. The van der Waals surface area contributed by atoms with E-state index in [1.165, 1.54) is 0 Å². The molecular weight excluding hydrogens is 390 g/mol. The zero-order valence-electron chi connectivity index (χ0n) is 17.1. The largest absolute Gasteiger partial charge is 0.466 e. The molecule has 3 N–H and O–H groups in total. The van der Waals surface area contributed by atoms with Gasteiger partial charge in [-0.15, -0.1) is 0 Å². The fourth-order valence-electron chi connectivity index (χ4n) is 3.37. The molecule has 156 valence electrons. The highest BCUT2D eigenvalue weighted by Gasteiger charge is 2.08. The molecule has 0 saturated heterocycles. The summed E-state index contributed by atoms with van der Waals surface area (Å²) in [7, 11) is 0. The average Bonchev–Trinajstić information content (AvgIpc) is 3.20. The molecule has 31 heavy (non-hydrogen) atoms. The number of rotatable bonds is 6. The third kappa shape index (κ3) is 5.11. The Labute approximate surface area is 180 Å². The minimum absolute atomic E-state index is 0.209. The molecule has 4 aromatic rings. The SMILES string of the molecule is CCOC(=O)Cc1ccc(NC(=O)Nc2cccc(-c3cc4ccccc4[nH]3)c2)cc1. The van der Waals surface area contributed by atoms with Gasteiger partial charge in [-0.1, -0.05) is 42.5 Å². The molecule has 0 aliphatic carbocycles. The summed E-state index contributed by atoms with van der Waals surface area (Å²) in [5.41, 5.74) is 5.19. The number of para-hydroxylation sites is 1. The molecule has 0 radical (unpaired) electrons. The van der Waals surface area contributed by atoms with Gasteiger partial charge in [0.25, 0.3) is 0 Å². The molecule has 0 atom stereocenters. The van der Waals surface area contributed by atoms with Crippen molar-refractivity contribution in [2.24, 2.45) is 0 Å². The fourth-order valence-corrected chi connectivity index (χ4v) is 3.37. The van der Waals surface area contributed by atoms with Crippen molar-refractivity contribution in [2.75, 3.05) is 17.2 Å². The lowest BCUT2D eigenvalue weighted by atomic mass is 10.1. The van der Waals surface area contributed by atoms with Crippen LogP contribution in [0.2, 0.25) is 0 Å². The van der Waals surface area contributed by atoms with E-state index in [1.54, 1.807) is 31.2 Å². The van der Waals surface area contributed by atoms with Gasteiger partial charge in [-0.2, -0.15) is 0 Å². The second kappa shape index (κ2) is 9.17. The van der Waals surface area contributed by atoms with Crippen LogP contribution in [0.1, 0.15) is 12.5 Å². The number of fused-ring (bicyclic) bond motifs is 1. The molecule has 0 fully saturated rings. The zero-order valence-corrected chi connectivity index (χ0v) is 17.1. The highest BCUT2D eigenvalue weighted by Crippen LogP contribution is 2.26. The van der Waals surface area contributed by atoms with E-state index in [-0.39, 0.29) is 18.4 Å². The molecule has 1 aromatic heterocycles. The first-order valence-electron chi connectivity index (χ1n) is 10.1. The Hall–Kier alpha value is -4.06. The van der Waals surface area contributed by atoms with Crippen molar-refractivity contribution in [3.05, 3.63) is 84.4 Å². The highest BCUT2D eigenvalue weighted by atomic mass is 16.5. The Bertz CT molecular complexity index is 1180. The van der Waals surface area contributed by atoms with Crippen LogP contribution in [0.3, 0.4) is 0 Å². The molecule has 0 aliphatic heterocycles. The Morgan fingerprint density at radius 1 is 0.871 bits per heavy atom. The maximum absolute atomic E-state index is 12.4. The standard InChI is InChI=1S/C25H23N3O3/c1-2-31-24(29)14-17-10-12-20(13-11-17)26-25(30)27-21-8-5-7-18(15-21)23-16-19-6-3-4-9-22(19)28-23/h3-13,15-16,28H,2,14H2,1H3,(H2,26,27,30). The number of aromatic nitrogens is 1. The molecule has 0 saturated carbocycles. The second-order valence-corrected chi connectivity index (χ2v) is 7.11. The van der Waals surface area contributed by atoms with Crippen molar-refractivity contribution < 1.29 is 14.3 Å². The third-order valence-electron chi connectivity index (χ3n) is 4.83. The fraction of sp³-hybridized carbons (Fsp3) is 0.120. The van der Waals surface area contributed by atoms with Crippen LogP contribution in [0.25, 0.3) is 22.2 Å². The summed E-state index contributed by atoms with van der Waals surface area (Å²) in [5.74, 6) is -0.268. The molecule has 4 rings (SSSR count). The summed E-state index contributed by atoms with van der Waals surface area (Å²) in [4.78, 5) is 27.4. The van der Waals surface area contributed by atoms with Crippen LogP contribution in [-0.4, -0.2) is 23.6 Å². The number of hydrogen-bond donors (Lipinski definition) is 3. The van der Waals surface area contributed by atoms with Gasteiger partial charge in [0, 0.05) is 33.5 Å². The second-order valence-electron chi connectivity index (χ2n) is 7.11. The molecule has 3 aromatic carbocycles. The van der Waals surface area contributed by atoms with Crippen LogP contribution in [0, 0.1) is 0 Å². The van der Waals surface area contributed by atoms with Crippen molar-refractivity contribution in [3.8, 4) is 11.3 Å². The lowest BCUT2D eigenvalue weighted by Crippen LogP contribution is -2.19. The minimum atomic E-state index is -0.341. The number of urea groups is 1. The maximum atomic E-state index is 12.4. The van der Waals surface area contributed by atoms with Gasteiger partial charge in [0.05, 0.1) is 13.0 Å². The van der Waals surface area contributed by atoms with Crippen LogP contribution >= 0.6 is 0 Å². The molecule has 0 aliphatic rings. The van der Waals surface area contributed by atoms with E-state index in [2.05, 4.69) is 27.8 Å². The van der Waals surface area contributed by atoms with Crippen molar-refractivity contribution in [2.45, 2.75) is 13.3 Å². The first-order chi connectivity index (χ1) is 15.1. The number of aromatic amines is 1. The lowest BCUT2D eigenvalue weighted by Gasteiger charge is -2.09. The van der Waals surface area contributed by atoms with Gasteiger partial charge in [-0.05, 0) is 48.9 Å². The van der Waals surface area contributed by atoms with E-state index >= 15 is 0 Å².